The van der Waals surface area contributed by atoms with Gasteiger partial charge in [-0.1, -0.05) is 62.7 Å². The zero-order valence-corrected chi connectivity index (χ0v) is 43.5. The van der Waals surface area contributed by atoms with Gasteiger partial charge in [-0.05, 0) is 61.8 Å². The van der Waals surface area contributed by atoms with Gasteiger partial charge in [0.2, 0.25) is 65.0 Å². The molecule has 28 heteroatoms. The highest BCUT2D eigenvalue weighted by Crippen LogP contribution is 2.22. The molecule has 1 aliphatic heterocycles. The topological polar surface area (TPSA) is 477 Å². The van der Waals surface area contributed by atoms with Gasteiger partial charge >= 0.3 is 5.97 Å². The third-order valence-corrected chi connectivity index (χ3v) is 12.8. The molecule has 1 saturated heterocycles. The van der Waals surface area contributed by atoms with E-state index in [4.69, 9.17) is 22.9 Å². The lowest BCUT2D eigenvalue weighted by Crippen LogP contribution is -2.62. The summed E-state index contributed by atoms with van der Waals surface area (Å²) in [6.45, 7) is 3.37. The van der Waals surface area contributed by atoms with Crippen LogP contribution in [0.2, 0.25) is 0 Å². The van der Waals surface area contributed by atoms with Gasteiger partial charge in [-0.3, -0.25) is 52.7 Å². The van der Waals surface area contributed by atoms with Gasteiger partial charge in [-0.15, -0.1) is 0 Å². The fourth-order valence-corrected chi connectivity index (χ4v) is 8.17. The summed E-state index contributed by atoms with van der Waals surface area (Å²) >= 11 is 0. The van der Waals surface area contributed by atoms with Crippen LogP contribution in [0.5, 0.6) is 5.75 Å². The quantitative estimate of drug-likeness (QED) is 0.0326. The number of aromatic hydroxyl groups is 1. The van der Waals surface area contributed by atoms with Gasteiger partial charge in [0.15, 0.2) is 6.04 Å². The van der Waals surface area contributed by atoms with Crippen LogP contribution in [0.25, 0.3) is 0 Å². The number of aliphatic hydroxyl groups excluding tert-OH is 2. The summed E-state index contributed by atoms with van der Waals surface area (Å²) in [4.78, 5) is 159. The number of aliphatic hydroxyl groups is 2. The Morgan fingerprint density at radius 1 is 0.615 bits per heavy atom. The number of nitrogens with zero attached hydrogens (tertiary/aromatic N) is 1. The van der Waals surface area contributed by atoms with Crippen molar-refractivity contribution in [3.8, 4) is 5.75 Å². The largest absolute Gasteiger partial charge is 0.508 e. The second kappa shape index (κ2) is 31.1. The van der Waals surface area contributed by atoms with Crippen molar-refractivity contribution in [2.75, 3.05) is 13.2 Å². The van der Waals surface area contributed by atoms with Crippen molar-refractivity contribution < 1.29 is 78.0 Å². The molecule has 1 heterocycles. The van der Waals surface area contributed by atoms with E-state index >= 15 is 0 Å². The number of rotatable bonds is 32. The first-order chi connectivity index (χ1) is 36.8. The van der Waals surface area contributed by atoms with Crippen LogP contribution in [0, 0.1) is 5.92 Å². The number of phenolic OH excluding ortho intramolecular Hbond substituents is 1. The molecule has 0 bridgehead atoms. The van der Waals surface area contributed by atoms with Gasteiger partial charge in [-0.2, -0.15) is 0 Å². The van der Waals surface area contributed by atoms with E-state index in [1.165, 1.54) is 24.3 Å². The van der Waals surface area contributed by atoms with E-state index < -0.39 is 157 Å². The number of aliphatic carboxylic acids is 1. The van der Waals surface area contributed by atoms with Crippen molar-refractivity contribution in [3.05, 3.63) is 65.7 Å². The van der Waals surface area contributed by atoms with Crippen molar-refractivity contribution in [1.29, 1.82) is 0 Å². The third kappa shape index (κ3) is 20.4. The SMILES string of the molecule is CC[C@H](C)[C@H](NC(=O)[C@@H]1CCCN1C(=O)[C@H](Cc1ccc(O)cc1)NC(=O)[C@H](CO)NC(=O)[C@H](CC(N)=O)NC(=O)[C@H](Cc1ccccc1)NC(=O)[C@H](CCC(N)=O)NC(=O)[C@@H](N)CCC(N)=O)C(=O)N[C@H](C(=O)O)[C@@H](C)O. The molecule has 3 rings (SSSR count). The van der Waals surface area contributed by atoms with E-state index in [2.05, 4.69) is 37.2 Å². The normalized spacial score (nSPS) is 16.8. The number of carboxylic acids is 1. The Balaban J connectivity index is 1.91. The van der Waals surface area contributed by atoms with E-state index in [0.717, 1.165) is 11.8 Å². The first kappa shape index (κ1) is 64.0. The molecule has 1 aliphatic rings. The van der Waals surface area contributed by atoms with Crippen LogP contribution in [-0.2, 0) is 70.4 Å². The molecule has 0 aromatic heterocycles. The van der Waals surface area contributed by atoms with Gasteiger partial charge in [0, 0.05) is 32.2 Å². The van der Waals surface area contributed by atoms with Crippen LogP contribution < -0.4 is 60.2 Å². The molecule has 0 saturated carbocycles. The van der Waals surface area contributed by atoms with E-state index in [1.54, 1.807) is 44.2 Å². The second-order valence-electron chi connectivity index (χ2n) is 19.0. The molecule has 19 N–H and O–H groups in total. The Bertz CT molecular complexity index is 2460. The Kier molecular flexibility index (Phi) is 25.5. The number of nitrogens with two attached hydrogens (primary N) is 4. The number of hydrogen-bond acceptors (Lipinski definition) is 16. The summed E-state index contributed by atoms with van der Waals surface area (Å²) < 4.78 is 0. The van der Waals surface area contributed by atoms with Gasteiger partial charge in [0.1, 0.15) is 48.0 Å². The molecule has 78 heavy (non-hydrogen) atoms. The molecular weight excluding hydrogens is 1020 g/mol. The van der Waals surface area contributed by atoms with Crippen LogP contribution in [0.1, 0.15) is 83.3 Å². The first-order valence-corrected chi connectivity index (χ1v) is 25.1. The summed E-state index contributed by atoms with van der Waals surface area (Å²) in [7, 11) is 0. The smallest absolute Gasteiger partial charge is 0.328 e. The number of carboxylic acid groups (broad SMARTS) is 1. The van der Waals surface area contributed by atoms with E-state index in [0.29, 0.717) is 17.5 Å². The van der Waals surface area contributed by atoms with E-state index in [1.807, 2.05) is 0 Å². The number of carbonyl (C=O) groups excluding carboxylic acids is 11. The van der Waals surface area contributed by atoms with Crippen LogP contribution in [-0.4, -0.2) is 170 Å². The maximum Gasteiger partial charge on any atom is 0.328 e. The highest BCUT2D eigenvalue weighted by Gasteiger charge is 2.41. The van der Waals surface area contributed by atoms with Crippen LogP contribution in [0.4, 0.5) is 0 Å². The monoisotopic (exact) mass is 1100 g/mol. The van der Waals surface area contributed by atoms with E-state index in [-0.39, 0.29) is 57.2 Å². The maximum absolute atomic E-state index is 14.5. The second-order valence-corrected chi connectivity index (χ2v) is 19.0. The molecule has 11 amide bonds. The zero-order valence-electron chi connectivity index (χ0n) is 43.5. The Morgan fingerprint density at radius 3 is 1.69 bits per heavy atom. The molecule has 0 radical (unpaired) electrons. The van der Waals surface area contributed by atoms with Crippen molar-refractivity contribution >= 4 is 70.9 Å². The maximum atomic E-state index is 14.5. The number of primary amides is 3. The lowest BCUT2D eigenvalue weighted by molar-refractivity contribution is -0.146. The van der Waals surface area contributed by atoms with Crippen molar-refractivity contribution in [2.45, 2.75) is 145 Å². The number of nitrogens with one attached hydrogen (secondary N) is 7. The number of hydrogen-bond donors (Lipinski definition) is 15. The summed E-state index contributed by atoms with van der Waals surface area (Å²) in [5.41, 5.74) is 22.7. The molecule has 428 valence electrons. The number of phenols is 1. The molecule has 28 nitrogen and oxygen atoms in total. The third-order valence-electron chi connectivity index (χ3n) is 12.8. The summed E-state index contributed by atoms with van der Waals surface area (Å²) in [5.74, 6) is -12.9. The fourth-order valence-electron chi connectivity index (χ4n) is 8.17. The fraction of sp³-hybridized carbons (Fsp3) is 0.520. The zero-order chi connectivity index (χ0) is 58.4. The number of carbonyl (C=O) groups is 12. The minimum Gasteiger partial charge on any atom is -0.508 e. The average Bonchev–Trinajstić information content (AvgIpc) is 3.89. The Morgan fingerprint density at radius 2 is 1.13 bits per heavy atom. The molecule has 1 fully saturated rings. The van der Waals surface area contributed by atoms with Gasteiger partial charge in [-0.25, -0.2) is 4.79 Å². The van der Waals surface area contributed by atoms with Crippen LogP contribution >= 0.6 is 0 Å². The highest BCUT2D eigenvalue weighted by atomic mass is 16.4. The Labute approximate surface area is 448 Å². The summed E-state index contributed by atoms with van der Waals surface area (Å²) in [5, 5.41) is 56.7. The summed E-state index contributed by atoms with van der Waals surface area (Å²) in [6, 6.07) is -0.374. The standard InChI is InChI=1S/C50H72N12O16/c1-4-25(2)40(48(75)61-41(26(3)64)50(77)78)60-47(74)36-11-8-20-62(36)49(76)34(22-28-12-14-29(65)15-13-28)58-46(73)35(24-63)59-45(72)33(23-39(54)68)57-44(71)32(21-27-9-6-5-7-10-27)56-43(70)31(17-19-38(53)67)55-42(69)30(51)16-18-37(52)66/h5-7,9-10,12-15,25-26,30-36,40-41,63-65H,4,8,11,16-24,51H2,1-3H3,(H2,52,66)(H2,53,67)(H2,54,68)(H,55,69)(H,56,70)(H,57,71)(H,58,73)(H,59,72)(H,60,74)(H,61,75)(H,77,78)/t25-,26+,30-,31-,32-,33-,34-,35-,36-,40-,41-/m0/s1. The molecule has 0 aliphatic carbocycles. The minimum atomic E-state index is -1.90. The van der Waals surface area contributed by atoms with Gasteiger partial charge in [0.05, 0.1) is 25.2 Å². The Hall–Kier alpha value is -8.24. The first-order valence-electron chi connectivity index (χ1n) is 25.1. The molecule has 2 aromatic carbocycles. The molecule has 0 unspecified atom stereocenters. The molecule has 11 atom stereocenters. The van der Waals surface area contributed by atoms with Crippen LogP contribution in [0.15, 0.2) is 54.6 Å². The average molecular weight is 1100 g/mol. The summed E-state index contributed by atoms with van der Waals surface area (Å²) in [6.07, 6.45) is -3.47. The van der Waals surface area contributed by atoms with Crippen molar-refractivity contribution in [1.82, 2.24) is 42.1 Å². The van der Waals surface area contributed by atoms with Gasteiger partial charge < -0.3 is 85.5 Å². The van der Waals surface area contributed by atoms with Crippen LogP contribution in [0.3, 0.4) is 0 Å². The predicted octanol–water partition coefficient (Wildman–Crippen LogP) is -5.20. The molecule has 0 spiro atoms. The lowest BCUT2D eigenvalue weighted by Gasteiger charge is -2.32. The number of likely N-dealkylation sites (tertiary alicyclic amines) is 1. The number of benzene rings is 2. The molecule has 2 aromatic rings. The van der Waals surface area contributed by atoms with Gasteiger partial charge in [0.25, 0.3) is 0 Å². The molecular formula is C50H72N12O16. The van der Waals surface area contributed by atoms with Crippen molar-refractivity contribution in [2.24, 2.45) is 28.9 Å². The highest BCUT2D eigenvalue weighted by molar-refractivity contribution is 5.99. The minimum absolute atomic E-state index is 0.0161. The predicted molar refractivity (Wildman–Crippen MR) is 275 cm³/mol. The number of amides is 11. The van der Waals surface area contributed by atoms with Crippen molar-refractivity contribution in [3.63, 3.8) is 0 Å². The lowest BCUT2D eigenvalue weighted by atomic mass is 9.97. The van der Waals surface area contributed by atoms with E-state index in [9.17, 15) is 78.0 Å².